The first kappa shape index (κ1) is 17.4. The van der Waals surface area contributed by atoms with Gasteiger partial charge in [0.2, 0.25) is 0 Å². The summed E-state index contributed by atoms with van der Waals surface area (Å²) in [6.45, 7) is 6.25. The van der Waals surface area contributed by atoms with Gasteiger partial charge in [-0.3, -0.25) is 0 Å². The topological polar surface area (TPSA) is 55.6 Å². The second kappa shape index (κ2) is 5.94. The zero-order valence-electron chi connectivity index (χ0n) is 13.4. The van der Waals surface area contributed by atoms with Crippen LogP contribution >= 0.6 is 0 Å². The molecule has 2 N–H and O–H groups in total. The molecule has 128 valence electrons. The third-order valence-corrected chi connectivity index (χ3v) is 3.69. The predicted molar refractivity (Wildman–Crippen MR) is 81.0 cm³/mol. The highest BCUT2D eigenvalue weighted by Gasteiger charge is 2.34. The molecule has 0 bridgehead atoms. The molecule has 1 aliphatic heterocycles. The Hall–Kier alpha value is -1.92. The fourth-order valence-electron chi connectivity index (χ4n) is 2.63. The van der Waals surface area contributed by atoms with Gasteiger partial charge in [0.1, 0.15) is 5.60 Å². The van der Waals surface area contributed by atoms with Crippen LogP contribution in [0.25, 0.3) is 0 Å². The largest absolute Gasteiger partial charge is 0.444 e. The lowest BCUT2D eigenvalue weighted by Gasteiger charge is -2.24. The van der Waals surface area contributed by atoms with E-state index in [4.69, 9.17) is 10.5 Å². The summed E-state index contributed by atoms with van der Waals surface area (Å²) in [7, 11) is 0. The van der Waals surface area contributed by atoms with Crippen molar-refractivity contribution in [3.05, 3.63) is 29.3 Å². The van der Waals surface area contributed by atoms with E-state index in [1.165, 1.54) is 6.07 Å². The van der Waals surface area contributed by atoms with Gasteiger partial charge >= 0.3 is 12.3 Å². The molecule has 1 unspecified atom stereocenters. The lowest BCUT2D eigenvalue weighted by atomic mass is 9.95. The first-order valence-electron chi connectivity index (χ1n) is 7.42. The maximum atomic E-state index is 12.7. The van der Waals surface area contributed by atoms with Crippen molar-refractivity contribution in [1.29, 1.82) is 0 Å². The van der Waals surface area contributed by atoms with Crippen LogP contribution in [-0.4, -0.2) is 29.7 Å². The van der Waals surface area contributed by atoms with Gasteiger partial charge in [-0.15, -0.1) is 0 Å². The van der Waals surface area contributed by atoms with Gasteiger partial charge in [-0.1, -0.05) is 6.07 Å². The van der Waals surface area contributed by atoms with Crippen LogP contribution in [0.15, 0.2) is 18.2 Å². The smallest absolute Gasteiger partial charge is 0.416 e. The first-order valence-corrected chi connectivity index (χ1v) is 7.42. The van der Waals surface area contributed by atoms with Gasteiger partial charge in [0, 0.05) is 24.7 Å². The highest BCUT2D eigenvalue weighted by atomic mass is 19.4. The number of nitrogens with zero attached hydrogens (tertiary/aromatic N) is 1. The zero-order chi connectivity index (χ0) is 17.4. The van der Waals surface area contributed by atoms with Crippen molar-refractivity contribution >= 4 is 11.8 Å². The molecule has 7 heteroatoms. The number of likely N-dealkylation sites (tertiary alicyclic amines) is 1. The molecule has 1 heterocycles. The van der Waals surface area contributed by atoms with Crippen LogP contribution < -0.4 is 5.73 Å². The van der Waals surface area contributed by atoms with Crippen LogP contribution in [0.2, 0.25) is 0 Å². The van der Waals surface area contributed by atoms with Gasteiger partial charge in [0.25, 0.3) is 0 Å². The summed E-state index contributed by atoms with van der Waals surface area (Å²) in [6, 6.07) is 3.38. The van der Waals surface area contributed by atoms with Crippen molar-refractivity contribution in [1.82, 2.24) is 4.90 Å². The van der Waals surface area contributed by atoms with Crippen LogP contribution in [-0.2, 0) is 10.9 Å². The average Bonchev–Trinajstić information content (AvgIpc) is 2.85. The maximum Gasteiger partial charge on any atom is 0.416 e. The Morgan fingerprint density at radius 1 is 1.30 bits per heavy atom. The molecule has 0 spiro atoms. The standard InChI is InChI=1S/C16H21F3N2O2/c1-15(2,3)23-14(22)21-7-6-10(9-21)12-5-4-11(8-13(12)20)16(17,18)19/h4-5,8,10H,6-7,9,20H2,1-3H3. The second-order valence-corrected chi connectivity index (χ2v) is 6.75. The number of carbonyl (C=O) groups excluding carboxylic acids is 1. The van der Waals surface area contributed by atoms with Gasteiger partial charge in [-0.25, -0.2) is 4.79 Å². The molecular weight excluding hydrogens is 309 g/mol. The Morgan fingerprint density at radius 2 is 1.96 bits per heavy atom. The number of carbonyl (C=O) groups is 1. The quantitative estimate of drug-likeness (QED) is 0.792. The summed E-state index contributed by atoms with van der Waals surface area (Å²) >= 11 is 0. The fourth-order valence-corrected chi connectivity index (χ4v) is 2.63. The normalized spacial score (nSPS) is 19.0. The van der Waals surface area contributed by atoms with Gasteiger partial charge in [0.05, 0.1) is 5.56 Å². The number of amides is 1. The Bertz CT molecular complexity index is 594. The van der Waals surface area contributed by atoms with E-state index < -0.39 is 23.4 Å². The molecule has 4 nitrogen and oxygen atoms in total. The van der Waals surface area contributed by atoms with Gasteiger partial charge in [-0.2, -0.15) is 13.2 Å². The minimum Gasteiger partial charge on any atom is -0.444 e. The number of nitrogen functional groups attached to an aromatic ring is 1. The van der Waals surface area contributed by atoms with E-state index in [1.54, 1.807) is 25.7 Å². The number of hydrogen-bond donors (Lipinski definition) is 1. The van der Waals surface area contributed by atoms with Crippen molar-refractivity contribution in [2.75, 3.05) is 18.8 Å². The molecule has 1 aromatic carbocycles. The Labute approximate surface area is 133 Å². The van der Waals surface area contributed by atoms with Crippen LogP contribution in [0.3, 0.4) is 0 Å². The number of benzene rings is 1. The number of hydrogen-bond acceptors (Lipinski definition) is 3. The molecule has 1 aromatic rings. The van der Waals surface area contributed by atoms with Gasteiger partial charge in [0.15, 0.2) is 0 Å². The van der Waals surface area contributed by atoms with Crippen LogP contribution in [0.5, 0.6) is 0 Å². The summed E-state index contributed by atoms with van der Waals surface area (Å²) in [5.41, 5.74) is 5.19. The summed E-state index contributed by atoms with van der Waals surface area (Å²) < 4.78 is 43.3. The Kier molecular flexibility index (Phi) is 4.50. The summed E-state index contributed by atoms with van der Waals surface area (Å²) in [4.78, 5) is 13.6. The number of anilines is 1. The SMILES string of the molecule is CC(C)(C)OC(=O)N1CCC(c2ccc(C(F)(F)F)cc2N)C1. The van der Waals surface area contributed by atoms with Crippen molar-refractivity contribution in [3.8, 4) is 0 Å². The van der Waals surface area contributed by atoms with E-state index >= 15 is 0 Å². The van der Waals surface area contributed by atoms with Crippen LogP contribution in [0.4, 0.5) is 23.7 Å². The molecule has 1 fully saturated rings. The molecule has 0 saturated carbocycles. The van der Waals surface area contributed by atoms with E-state index in [0.29, 0.717) is 25.1 Å². The third-order valence-electron chi connectivity index (χ3n) is 3.69. The minimum absolute atomic E-state index is 0.0789. The van der Waals surface area contributed by atoms with Gasteiger partial charge in [-0.05, 0) is 44.9 Å². The van der Waals surface area contributed by atoms with E-state index in [1.807, 2.05) is 0 Å². The average molecular weight is 330 g/mol. The molecule has 1 amide bonds. The Balaban J connectivity index is 2.09. The molecule has 1 aliphatic rings. The number of alkyl halides is 3. The molecule has 23 heavy (non-hydrogen) atoms. The molecular formula is C16H21F3N2O2. The summed E-state index contributed by atoms with van der Waals surface area (Å²) in [6.07, 6.45) is -4.18. The Morgan fingerprint density at radius 3 is 2.48 bits per heavy atom. The van der Waals surface area contributed by atoms with Gasteiger partial charge < -0.3 is 15.4 Å². The third kappa shape index (κ3) is 4.30. The molecule has 0 aromatic heterocycles. The highest BCUT2D eigenvalue weighted by Crippen LogP contribution is 2.36. The molecule has 2 rings (SSSR count). The number of nitrogens with two attached hydrogens (primary N) is 1. The second-order valence-electron chi connectivity index (χ2n) is 6.75. The van der Waals surface area contributed by atoms with Crippen molar-refractivity contribution in [2.24, 2.45) is 0 Å². The fraction of sp³-hybridized carbons (Fsp3) is 0.562. The monoisotopic (exact) mass is 330 g/mol. The number of rotatable bonds is 1. The van der Waals surface area contributed by atoms with E-state index in [-0.39, 0.29) is 11.6 Å². The molecule has 1 saturated heterocycles. The minimum atomic E-state index is -4.41. The molecule has 1 atom stereocenters. The number of ether oxygens (including phenoxy) is 1. The first-order chi connectivity index (χ1) is 10.5. The summed E-state index contributed by atoms with van der Waals surface area (Å²) in [5.74, 6) is -0.0789. The van der Waals surface area contributed by atoms with E-state index in [0.717, 1.165) is 12.1 Å². The van der Waals surface area contributed by atoms with E-state index in [2.05, 4.69) is 0 Å². The highest BCUT2D eigenvalue weighted by molar-refractivity contribution is 5.69. The van der Waals surface area contributed by atoms with Crippen LogP contribution in [0.1, 0.15) is 44.2 Å². The van der Waals surface area contributed by atoms with E-state index in [9.17, 15) is 18.0 Å². The lowest BCUT2D eigenvalue weighted by Crippen LogP contribution is -2.35. The zero-order valence-corrected chi connectivity index (χ0v) is 13.4. The predicted octanol–water partition coefficient (Wildman–Crippen LogP) is 4.01. The van der Waals surface area contributed by atoms with Crippen LogP contribution in [0, 0.1) is 0 Å². The number of halogens is 3. The lowest BCUT2D eigenvalue weighted by molar-refractivity contribution is -0.137. The van der Waals surface area contributed by atoms with Crippen molar-refractivity contribution < 1.29 is 22.7 Å². The maximum absolute atomic E-state index is 12.7. The summed E-state index contributed by atoms with van der Waals surface area (Å²) in [5, 5.41) is 0. The molecule has 0 radical (unpaired) electrons. The molecule has 0 aliphatic carbocycles. The van der Waals surface area contributed by atoms with Crippen molar-refractivity contribution in [3.63, 3.8) is 0 Å². The van der Waals surface area contributed by atoms with Crippen molar-refractivity contribution in [2.45, 2.75) is 44.9 Å².